The Labute approximate surface area is 56.7 Å². The minimum Gasteiger partial charge on any atom is -0.305 e. The molecule has 1 rings (SSSR count). The lowest BCUT2D eigenvalue weighted by molar-refractivity contribution is 0.449. The van der Waals surface area contributed by atoms with Gasteiger partial charge in [0.2, 0.25) is 0 Å². The van der Waals surface area contributed by atoms with Crippen LogP contribution in [0.2, 0.25) is 0 Å². The standard InChI is InChI=1S/C8H13N/c1-9(2)7-8-5-3-4-6-8/h3,5-6H,4,7H2,1-2H3. The van der Waals surface area contributed by atoms with E-state index in [1.54, 1.807) is 0 Å². The summed E-state index contributed by atoms with van der Waals surface area (Å²) in [6, 6.07) is 0. The number of allylic oxidation sites excluding steroid dienone is 2. The summed E-state index contributed by atoms with van der Waals surface area (Å²) in [4.78, 5) is 2.18. The van der Waals surface area contributed by atoms with Gasteiger partial charge in [0, 0.05) is 6.54 Å². The van der Waals surface area contributed by atoms with E-state index in [2.05, 4.69) is 37.2 Å². The van der Waals surface area contributed by atoms with Gasteiger partial charge in [0.05, 0.1) is 0 Å². The van der Waals surface area contributed by atoms with Crippen molar-refractivity contribution < 1.29 is 0 Å². The third kappa shape index (κ3) is 2.02. The van der Waals surface area contributed by atoms with E-state index >= 15 is 0 Å². The fraction of sp³-hybridized carbons (Fsp3) is 0.500. The summed E-state index contributed by atoms with van der Waals surface area (Å²) in [5.41, 5.74) is 1.44. The van der Waals surface area contributed by atoms with Gasteiger partial charge in [-0.3, -0.25) is 0 Å². The normalized spacial score (nSPS) is 17.0. The van der Waals surface area contributed by atoms with Crippen molar-refractivity contribution in [2.45, 2.75) is 6.42 Å². The van der Waals surface area contributed by atoms with Gasteiger partial charge in [-0.1, -0.05) is 18.2 Å². The number of nitrogens with zero attached hydrogens (tertiary/aromatic N) is 1. The van der Waals surface area contributed by atoms with Crippen LogP contribution in [-0.4, -0.2) is 25.5 Å². The van der Waals surface area contributed by atoms with Crippen molar-refractivity contribution in [3.63, 3.8) is 0 Å². The van der Waals surface area contributed by atoms with Crippen LogP contribution in [-0.2, 0) is 0 Å². The van der Waals surface area contributed by atoms with Crippen LogP contribution in [0.25, 0.3) is 0 Å². The van der Waals surface area contributed by atoms with E-state index in [0.717, 1.165) is 13.0 Å². The highest BCUT2D eigenvalue weighted by atomic mass is 15.0. The molecule has 0 heterocycles. The van der Waals surface area contributed by atoms with Crippen LogP contribution in [0.3, 0.4) is 0 Å². The minimum atomic E-state index is 1.08. The first kappa shape index (κ1) is 6.56. The van der Waals surface area contributed by atoms with Gasteiger partial charge in [-0.25, -0.2) is 0 Å². The van der Waals surface area contributed by atoms with Crippen molar-refractivity contribution in [2.24, 2.45) is 0 Å². The zero-order valence-corrected chi connectivity index (χ0v) is 6.09. The monoisotopic (exact) mass is 123 g/mol. The SMILES string of the molecule is CN(C)CC1=CCC=C1. The van der Waals surface area contributed by atoms with E-state index in [1.165, 1.54) is 5.57 Å². The molecule has 0 amide bonds. The Morgan fingerprint density at radius 3 is 2.78 bits per heavy atom. The molecule has 0 fully saturated rings. The third-order valence-corrected chi connectivity index (χ3v) is 1.35. The maximum atomic E-state index is 2.26. The van der Waals surface area contributed by atoms with Crippen LogP contribution < -0.4 is 0 Å². The van der Waals surface area contributed by atoms with Crippen molar-refractivity contribution in [3.8, 4) is 0 Å². The van der Waals surface area contributed by atoms with Crippen LogP contribution in [0.5, 0.6) is 0 Å². The number of likely N-dealkylation sites (N-methyl/N-ethyl adjacent to an activating group) is 1. The van der Waals surface area contributed by atoms with E-state index in [0.29, 0.717) is 0 Å². The lowest BCUT2D eigenvalue weighted by Crippen LogP contribution is -2.13. The highest BCUT2D eigenvalue weighted by Crippen LogP contribution is 2.08. The van der Waals surface area contributed by atoms with Crippen LogP contribution >= 0.6 is 0 Å². The molecule has 1 aliphatic rings. The number of rotatable bonds is 2. The molecule has 1 heteroatoms. The first-order valence-electron chi connectivity index (χ1n) is 3.29. The van der Waals surface area contributed by atoms with E-state index in [9.17, 15) is 0 Å². The molecular formula is C8H13N. The zero-order valence-electron chi connectivity index (χ0n) is 6.09. The van der Waals surface area contributed by atoms with E-state index < -0.39 is 0 Å². The van der Waals surface area contributed by atoms with E-state index in [1.807, 2.05) is 0 Å². The predicted octanol–water partition coefficient (Wildman–Crippen LogP) is 1.43. The topological polar surface area (TPSA) is 3.24 Å². The Bertz CT molecular complexity index is 143. The Morgan fingerprint density at radius 2 is 2.33 bits per heavy atom. The van der Waals surface area contributed by atoms with E-state index in [4.69, 9.17) is 0 Å². The molecule has 1 nitrogen and oxygen atoms in total. The number of hydrogen-bond donors (Lipinski definition) is 0. The first-order chi connectivity index (χ1) is 4.29. The lowest BCUT2D eigenvalue weighted by Gasteiger charge is -2.07. The zero-order chi connectivity index (χ0) is 6.69. The van der Waals surface area contributed by atoms with Crippen molar-refractivity contribution in [1.82, 2.24) is 4.90 Å². The summed E-state index contributed by atoms with van der Waals surface area (Å²) >= 11 is 0. The average molecular weight is 123 g/mol. The second-order valence-corrected chi connectivity index (χ2v) is 2.65. The van der Waals surface area contributed by atoms with Gasteiger partial charge in [-0.2, -0.15) is 0 Å². The molecule has 0 atom stereocenters. The molecule has 0 spiro atoms. The molecule has 0 saturated carbocycles. The average Bonchev–Trinajstić information content (AvgIpc) is 2.15. The minimum absolute atomic E-state index is 1.08. The molecule has 50 valence electrons. The third-order valence-electron chi connectivity index (χ3n) is 1.35. The maximum Gasteiger partial charge on any atom is 0.0224 e. The van der Waals surface area contributed by atoms with Gasteiger partial charge in [0.15, 0.2) is 0 Å². The molecule has 0 bridgehead atoms. The summed E-state index contributed by atoms with van der Waals surface area (Å²) in [5.74, 6) is 0. The Kier molecular flexibility index (Phi) is 2.06. The van der Waals surface area contributed by atoms with Crippen molar-refractivity contribution in [2.75, 3.05) is 20.6 Å². The van der Waals surface area contributed by atoms with Crippen LogP contribution in [0.15, 0.2) is 23.8 Å². The molecule has 9 heavy (non-hydrogen) atoms. The maximum absolute atomic E-state index is 2.26. The quantitative estimate of drug-likeness (QED) is 0.537. The smallest absolute Gasteiger partial charge is 0.0224 e. The van der Waals surface area contributed by atoms with Gasteiger partial charge in [-0.15, -0.1) is 0 Å². The Hall–Kier alpha value is -0.560. The lowest BCUT2D eigenvalue weighted by atomic mass is 10.3. The molecule has 0 unspecified atom stereocenters. The number of hydrogen-bond acceptors (Lipinski definition) is 1. The first-order valence-corrected chi connectivity index (χ1v) is 3.29. The molecule has 1 aliphatic carbocycles. The highest BCUT2D eigenvalue weighted by molar-refractivity contribution is 5.26. The second-order valence-electron chi connectivity index (χ2n) is 2.65. The van der Waals surface area contributed by atoms with Crippen molar-refractivity contribution in [1.29, 1.82) is 0 Å². The van der Waals surface area contributed by atoms with Crippen molar-refractivity contribution in [3.05, 3.63) is 23.8 Å². The fourth-order valence-electron chi connectivity index (χ4n) is 0.989. The van der Waals surface area contributed by atoms with Crippen LogP contribution in [0, 0.1) is 0 Å². The Balaban J connectivity index is 2.35. The molecule has 0 aliphatic heterocycles. The summed E-state index contributed by atoms with van der Waals surface area (Å²) < 4.78 is 0. The van der Waals surface area contributed by atoms with Crippen molar-refractivity contribution >= 4 is 0 Å². The largest absolute Gasteiger partial charge is 0.305 e. The van der Waals surface area contributed by atoms with Gasteiger partial charge in [-0.05, 0) is 26.1 Å². The summed E-state index contributed by atoms with van der Waals surface area (Å²) in [7, 11) is 4.18. The van der Waals surface area contributed by atoms with Gasteiger partial charge in [0.1, 0.15) is 0 Å². The predicted molar refractivity (Wildman–Crippen MR) is 40.4 cm³/mol. The van der Waals surface area contributed by atoms with E-state index in [-0.39, 0.29) is 0 Å². The second kappa shape index (κ2) is 2.83. The molecular weight excluding hydrogens is 110 g/mol. The van der Waals surface area contributed by atoms with Gasteiger partial charge in [0.25, 0.3) is 0 Å². The molecule has 0 aromatic rings. The van der Waals surface area contributed by atoms with Gasteiger partial charge >= 0.3 is 0 Å². The molecule has 0 saturated heterocycles. The highest BCUT2D eigenvalue weighted by Gasteiger charge is 1.97. The van der Waals surface area contributed by atoms with Crippen LogP contribution in [0.1, 0.15) is 6.42 Å². The van der Waals surface area contributed by atoms with Gasteiger partial charge < -0.3 is 4.90 Å². The summed E-state index contributed by atoms with van der Waals surface area (Å²) in [5, 5.41) is 0. The molecule has 0 N–H and O–H groups in total. The summed E-state index contributed by atoms with van der Waals surface area (Å²) in [6.07, 6.45) is 7.78. The molecule has 0 aromatic heterocycles. The Morgan fingerprint density at radius 1 is 1.56 bits per heavy atom. The molecule has 0 radical (unpaired) electrons. The van der Waals surface area contributed by atoms with Crippen LogP contribution in [0.4, 0.5) is 0 Å². The molecule has 0 aromatic carbocycles. The fourth-order valence-corrected chi connectivity index (χ4v) is 0.989. The summed E-state index contributed by atoms with van der Waals surface area (Å²) in [6.45, 7) is 1.08.